The Hall–Kier alpha value is -1.55. The molecule has 2 heterocycles. The molecular weight excluding hydrogens is 190 g/mol. The first-order valence-electron chi connectivity index (χ1n) is 5.15. The fraction of sp³-hybridized carbons (Fsp3) is 0.364. The molecule has 2 aromatic heterocycles. The molecule has 1 unspecified atom stereocenters. The molecule has 4 nitrogen and oxygen atoms in total. The van der Waals surface area contributed by atoms with Gasteiger partial charge in [0.25, 0.3) is 0 Å². The normalized spacial score (nSPS) is 12.9. The Morgan fingerprint density at radius 2 is 2.53 bits per heavy atom. The molecule has 2 aromatic rings. The lowest BCUT2D eigenvalue weighted by Crippen LogP contribution is -2.23. The van der Waals surface area contributed by atoms with Crippen LogP contribution in [-0.2, 0) is 6.42 Å². The van der Waals surface area contributed by atoms with E-state index in [2.05, 4.69) is 22.2 Å². The summed E-state index contributed by atoms with van der Waals surface area (Å²) in [7, 11) is 0. The smallest absolute Gasteiger partial charge is 0.123 e. The number of likely N-dealkylation sites (N-methyl/N-ethyl adjacent to an activating group) is 1. The van der Waals surface area contributed by atoms with Crippen LogP contribution in [0.5, 0.6) is 0 Å². The summed E-state index contributed by atoms with van der Waals surface area (Å²) < 4.78 is 5.33. The first-order valence-corrected chi connectivity index (χ1v) is 5.15. The standard InChI is InChI=1S/C11H15N3O/c1-2-12-10(11-13-5-6-14-11)8-9-4-3-7-15-9/h3-7,10,12H,2,8H2,1H3,(H,13,14). The van der Waals surface area contributed by atoms with Crippen LogP contribution in [0, 0.1) is 0 Å². The second kappa shape index (κ2) is 4.79. The molecule has 0 spiro atoms. The Bertz CT molecular complexity index is 366. The molecule has 80 valence electrons. The highest BCUT2D eigenvalue weighted by molar-refractivity contribution is 5.05. The highest BCUT2D eigenvalue weighted by atomic mass is 16.3. The number of hydrogen-bond donors (Lipinski definition) is 2. The SMILES string of the molecule is CCNC(Cc1ccco1)c1ncc[nH]1. The van der Waals surface area contributed by atoms with Gasteiger partial charge in [-0.3, -0.25) is 0 Å². The van der Waals surface area contributed by atoms with Crippen molar-refractivity contribution in [1.29, 1.82) is 0 Å². The number of furan rings is 1. The number of rotatable bonds is 5. The number of nitrogens with zero attached hydrogens (tertiary/aromatic N) is 1. The molecule has 0 bridgehead atoms. The first-order chi connectivity index (χ1) is 7.40. The molecule has 0 saturated carbocycles. The van der Waals surface area contributed by atoms with Gasteiger partial charge in [-0.25, -0.2) is 4.98 Å². The van der Waals surface area contributed by atoms with Gasteiger partial charge in [0, 0.05) is 18.8 Å². The fourth-order valence-corrected chi connectivity index (χ4v) is 1.61. The maximum absolute atomic E-state index is 5.33. The van der Waals surface area contributed by atoms with E-state index in [1.165, 1.54) is 0 Å². The van der Waals surface area contributed by atoms with Gasteiger partial charge in [-0.2, -0.15) is 0 Å². The van der Waals surface area contributed by atoms with E-state index in [1.807, 2.05) is 18.3 Å². The van der Waals surface area contributed by atoms with Crippen LogP contribution in [0.1, 0.15) is 24.6 Å². The number of aromatic nitrogens is 2. The monoisotopic (exact) mass is 205 g/mol. The van der Waals surface area contributed by atoms with Gasteiger partial charge in [0.2, 0.25) is 0 Å². The summed E-state index contributed by atoms with van der Waals surface area (Å²) in [6.07, 6.45) is 6.11. The van der Waals surface area contributed by atoms with Gasteiger partial charge in [-0.15, -0.1) is 0 Å². The molecule has 4 heteroatoms. The Balaban J connectivity index is 2.07. The van der Waals surface area contributed by atoms with Crippen molar-refractivity contribution in [1.82, 2.24) is 15.3 Å². The number of aromatic amines is 1. The highest BCUT2D eigenvalue weighted by Gasteiger charge is 2.14. The Morgan fingerprint density at radius 1 is 1.60 bits per heavy atom. The minimum atomic E-state index is 0.191. The summed E-state index contributed by atoms with van der Waals surface area (Å²) in [4.78, 5) is 7.38. The van der Waals surface area contributed by atoms with Gasteiger partial charge in [0.1, 0.15) is 11.6 Å². The van der Waals surface area contributed by atoms with E-state index in [0.717, 1.165) is 24.6 Å². The predicted molar refractivity (Wildman–Crippen MR) is 57.4 cm³/mol. The van der Waals surface area contributed by atoms with Gasteiger partial charge in [0.15, 0.2) is 0 Å². The van der Waals surface area contributed by atoms with Crippen molar-refractivity contribution < 1.29 is 4.42 Å². The number of H-pyrrole nitrogens is 1. The fourth-order valence-electron chi connectivity index (χ4n) is 1.61. The van der Waals surface area contributed by atoms with Crippen molar-refractivity contribution in [2.75, 3.05) is 6.54 Å². The van der Waals surface area contributed by atoms with Crippen molar-refractivity contribution in [2.24, 2.45) is 0 Å². The quantitative estimate of drug-likeness (QED) is 0.783. The van der Waals surface area contributed by atoms with Gasteiger partial charge < -0.3 is 14.7 Å². The number of imidazole rings is 1. The third kappa shape index (κ3) is 2.47. The third-order valence-corrected chi connectivity index (χ3v) is 2.29. The zero-order valence-electron chi connectivity index (χ0n) is 8.73. The summed E-state index contributed by atoms with van der Waals surface area (Å²) in [5.41, 5.74) is 0. The number of nitrogens with one attached hydrogen (secondary N) is 2. The molecular formula is C11H15N3O. The molecule has 2 rings (SSSR count). The van der Waals surface area contributed by atoms with Crippen molar-refractivity contribution in [3.63, 3.8) is 0 Å². The Kier molecular flexibility index (Phi) is 3.19. The maximum Gasteiger partial charge on any atom is 0.123 e. The molecule has 0 aliphatic heterocycles. The van der Waals surface area contributed by atoms with Crippen LogP contribution in [0.3, 0.4) is 0 Å². The Labute approximate surface area is 88.7 Å². The van der Waals surface area contributed by atoms with Crippen LogP contribution < -0.4 is 5.32 Å². The van der Waals surface area contributed by atoms with Crippen molar-refractivity contribution in [2.45, 2.75) is 19.4 Å². The molecule has 0 saturated heterocycles. The van der Waals surface area contributed by atoms with Crippen molar-refractivity contribution >= 4 is 0 Å². The molecule has 0 amide bonds. The second-order valence-electron chi connectivity index (χ2n) is 3.37. The molecule has 0 aliphatic rings. The first kappa shape index (κ1) is 9.98. The lowest BCUT2D eigenvalue weighted by molar-refractivity contribution is 0.445. The lowest BCUT2D eigenvalue weighted by Gasteiger charge is -2.13. The van der Waals surface area contributed by atoms with Crippen LogP contribution in [0.2, 0.25) is 0 Å². The largest absolute Gasteiger partial charge is 0.469 e. The van der Waals surface area contributed by atoms with Crippen LogP contribution in [0.25, 0.3) is 0 Å². The second-order valence-corrected chi connectivity index (χ2v) is 3.37. The highest BCUT2D eigenvalue weighted by Crippen LogP contribution is 2.14. The minimum absolute atomic E-state index is 0.191. The summed E-state index contributed by atoms with van der Waals surface area (Å²) in [5.74, 6) is 1.92. The molecule has 0 aliphatic carbocycles. The summed E-state index contributed by atoms with van der Waals surface area (Å²) >= 11 is 0. The van der Waals surface area contributed by atoms with Crippen molar-refractivity contribution in [3.8, 4) is 0 Å². The zero-order valence-corrected chi connectivity index (χ0v) is 8.73. The van der Waals surface area contributed by atoms with E-state index in [-0.39, 0.29) is 6.04 Å². The molecule has 1 atom stereocenters. The average Bonchev–Trinajstić information content (AvgIpc) is 2.89. The Morgan fingerprint density at radius 3 is 3.13 bits per heavy atom. The summed E-state index contributed by atoms with van der Waals surface area (Å²) in [5, 5.41) is 3.37. The molecule has 0 fully saturated rings. The van der Waals surface area contributed by atoms with E-state index in [9.17, 15) is 0 Å². The molecule has 0 aromatic carbocycles. The van der Waals surface area contributed by atoms with Crippen LogP contribution in [0.4, 0.5) is 0 Å². The summed E-state index contributed by atoms with van der Waals surface area (Å²) in [6.45, 7) is 2.99. The van der Waals surface area contributed by atoms with Crippen LogP contribution in [-0.4, -0.2) is 16.5 Å². The van der Waals surface area contributed by atoms with E-state index in [1.54, 1.807) is 12.5 Å². The van der Waals surface area contributed by atoms with Crippen molar-refractivity contribution in [3.05, 3.63) is 42.4 Å². The number of hydrogen-bond acceptors (Lipinski definition) is 3. The van der Waals surface area contributed by atoms with Crippen LogP contribution in [0.15, 0.2) is 35.2 Å². The molecule has 15 heavy (non-hydrogen) atoms. The average molecular weight is 205 g/mol. The van der Waals surface area contributed by atoms with E-state index < -0.39 is 0 Å². The van der Waals surface area contributed by atoms with Gasteiger partial charge >= 0.3 is 0 Å². The maximum atomic E-state index is 5.33. The van der Waals surface area contributed by atoms with E-state index >= 15 is 0 Å². The summed E-state index contributed by atoms with van der Waals surface area (Å²) in [6, 6.07) is 4.07. The third-order valence-electron chi connectivity index (χ3n) is 2.29. The predicted octanol–water partition coefficient (Wildman–Crippen LogP) is 1.90. The van der Waals surface area contributed by atoms with E-state index in [0.29, 0.717) is 0 Å². The zero-order chi connectivity index (χ0) is 10.5. The molecule has 0 radical (unpaired) electrons. The van der Waals surface area contributed by atoms with Gasteiger partial charge in [0.05, 0.1) is 12.3 Å². The molecule has 2 N–H and O–H groups in total. The topological polar surface area (TPSA) is 53.9 Å². The van der Waals surface area contributed by atoms with Gasteiger partial charge in [-0.1, -0.05) is 6.92 Å². The van der Waals surface area contributed by atoms with Crippen LogP contribution >= 0.6 is 0 Å². The van der Waals surface area contributed by atoms with E-state index in [4.69, 9.17) is 4.42 Å². The van der Waals surface area contributed by atoms with Gasteiger partial charge in [-0.05, 0) is 18.7 Å². The minimum Gasteiger partial charge on any atom is -0.469 e. The lowest BCUT2D eigenvalue weighted by atomic mass is 10.1.